The molecule has 2 aromatic carbocycles. The van der Waals surface area contributed by atoms with E-state index in [4.69, 9.17) is 32.7 Å². The van der Waals surface area contributed by atoms with E-state index in [0.717, 1.165) is 18.5 Å². The summed E-state index contributed by atoms with van der Waals surface area (Å²) in [5, 5.41) is 4.22. The predicted octanol–water partition coefficient (Wildman–Crippen LogP) is 7.09. The summed E-state index contributed by atoms with van der Waals surface area (Å²) in [4.78, 5) is 0. The second kappa shape index (κ2) is 11.6. The molecule has 3 nitrogen and oxygen atoms in total. The molecule has 0 saturated heterocycles. The van der Waals surface area contributed by atoms with Gasteiger partial charge in [0.15, 0.2) is 11.5 Å². The lowest BCUT2D eigenvalue weighted by Gasteiger charge is -2.17. The molecular formula is C24H28Cl2FNO2. The zero-order valence-corrected chi connectivity index (χ0v) is 18.8. The maximum absolute atomic E-state index is 14.0. The molecule has 0 amide bonds. The van der Waals surface area contributed by atoms with Crippen LogP contribution in [0.25, 0.3) is 0 Å². The smallest absolute Gasteiger partial charge is 0.180 e. The topological polar surface area (TPSA) is 30.5 Å². The molecule has 0 bridgehead atoms. The Kier molecular flexibility index (Phi) is 8.86. The quantitative estimate of drug-likeness (QED) is 0.308. The Morgan fingerprint density at radius 2 is 1.97 bits per heavy atom. The Labute approximate surface area is 188 Å². The van der Waals surface area contributed by atoms with Crippen molar-refractivity contribution in [3.63, 3.8) is 0 Å². The van der Waals surface area contributed by atoms with Gasteiger partial charge in [0.25, 0.3) is 0 Å². The first-order chi connectivity index (χ1) is 14.6. The van der Waals surface area contributed by atoms with Gasteiger partial charge in [0.05, 0.1) is 16.7 Å². The van der Waals surface area contributed by atoms with E-state index in [2.05, 4.69) is 11.4 Å². The molecule has 30 heavy (non-hydrogen) atoms. The molecule has 6 heteroatoms. The van der Waals surface area contributed by atoms with Crippen molar-refractivity contribution in [1.29, 1.82) is 0 Å². The first-order valence-electron chi connectivity index (χ1n) is 10.5. The van der Waals surface area contributed by atoms with E-state index in [-0.39, 0.29) is 6.61 Å². The second-order valence-corrected chi connectivity index (χ2v) is 8.18. The van der Waals surface area contributed by atoms with Crippen LogP contribution in [0.2, 0.25) is 10.0 Å². The Bertz CT molecular complexity index is 865. The Morgan fingerprint density at radius 3 is 2.70 bits per heavy atom. The number of allylic oxidation sites excluding steroid dienone is 1. The first kappa shape index (κ1) is 22.9. The van der Waals surface area contributed by atoms with Crippen LogP contribution in [-0.2, 0) is 13.2 Å². The van der Waals surface area contributed by atoms with Crippen LogP contribution in [0.15, 0.2) is 42.0 Å². The minimum absolute atomic E-state index is 0.0298. The number of hydrogen-bond acceptors (Lipinski definition) is 3. The summed E-state index contributed by atoms with van der Waals surface area (Å²) in [6.45, 7) is 3.95. The molecule has 1 aliphatic carbocycles. The Hall–Kier alpha value is -1.75. The number of nitrogens with one attached hydrogen (secondary N) is 1. The predicted molar refractivity (Wildman–Crippen MR) is 121 cm³/mol. The van der Waals surface area contributed by atoms with Gasteiger partial charge >= 0.3 is 0 Å². The number of hydrogen-bond donors (Lipinski definition) is 1. The second-order valence-electron chi connectivity index (χ2n) is 7.36. The molecule has 1 aliphatic rings. The molecule has 3 rings (SSSR count). The highest BCUT2D eigenvalue weighted by atomic mass is 35.5. The molecule has 162 valence electrons. The number of rotatable bonds is 10. The van der Waals surface area contributed by atoms with Crippen LogP contribution in [0.3, 0.4) is 0 Å². The van der Waals surface area contributed by atoms with Crippen molar-refractivity contribution < 1.29 is 13.9 Å². The van der Waals surface area contributed by atoms with Gasteiger partial charge in [0.1, 0.15) is 12.4 Å². The summed E-state index contributed by atoms with van der Waals surface area (Å²) in [6.07, 6.45) is 8.51. The SMILES string of the molecule is CCOc1cc(CNCCC2=CCCCC2)cc(Cl)c1OCc1c(F)cccc1Cl. The standard InChI is InChI=1S/C24H28Cl2FNO2/c1-2-29-23-14-18(15-28-12-11-17-7-4-3-5-8-17)13-21(26)24(23)30-16-19-20(25)9-6-10-22(19)27/h6-7,9-10,13-14,28H,2-5,8,11-12,15-16H2,1H3. The van der Waals surface area contributed by atoms with Crippen LogP contribution in [-0.4, -0.2) is 13.2 Å². The van der Waals surface area contributed by atoms with Gasteiger partial charge in [0, 0.05) is 12.1 Å². The van der Waals surface area contributed by atoms with Crippen molar-refractivity contribution in [3.8, 4) is 11.5 Å². The average Bonchev–Trinajstić information content (AvgIpc) is 2.73. The van der Waals surface area contributed by atoms with Crippen molar-refractivity contribution in [1.82, 2.24) is 5.32 Å². The monoisotopic (exact) mass is 451 g/mol. The van der Waals surface area contributed by atoms with E-state index >= 15 is 0 Å². The van der Waals surface area contributed by atoms with E-state index in [1.54, 1.807) is 17.7 Å². The van der Waals surface area contributed by atoms with E-state index in [0.29, 0.717) is 40.3 Å². The summed E-state index contributed by atoms with van der Waals surface area (Å²) in [5.41, 5.74) is 2.86. The van der Waals surface area contributed by atoms with Crippen LogP contribution < -0.4 is 14.8 Å². The van der Waals surface area contributed by atoms with Crippen molar-refractivity contribution in [2.45, 2.75) is 52.2 Å². The number of benzene rings is 2. The molecule has 0 fully saturated rings. The van der Waals surface area contributed by atoms with Gasteiger partial charge in [-0.05, 0) is 75.4 Å². The summed E-state index contributed by atoms with van der Waals surface area (Å²) >= 11 is 12.6. The molecule has 0 unspecified atom stereocenters. The molecular weight excluding hydrogens is 424 g/mol. The number of ether oxygens (including phenoxy) is 2. The van der Waals surface area contributed by atoms with Crippen molar-refractivity contribution in [2.24, 2.45) is 0 Å². The van der Waals surface area contributed by atoms with E-state index in [9.17, 15) is 4.39 Å². The van der Waals surface area contributed by atoms with Crippen LogP contribution in [0.5, 0.6) is 11.5 Å². The molecule has 2 aromatic rings. The molecule has 0 aliphatic heterocycles. The van der Waals surface area contributed by atoms with Gasteiger partial charge in [-0.25, -0.2) is 4.39 Å². The van der Waals surface area contributed by atoms with Gasteiger partial charge in [-0.15, -0.1) is 0 Å². The van der Waals surface area contributed by atoms with E-state index in [1.807, 2.05) is 19.1 Å². The average molecular weight is 452 g/mol. The summed E-state index contributed by atoms with van der Waals surface area (Å²) in [7, 11) is 0. The van der Waals surface area contributed by atoms with Crippen molar-refractivity contribution >= 4 is 23.2 Å². The third-order valence-corrected chi connectivity index (χ3v) is 5.76. The van der Waals surface area contributed by atoms with E-state index < -0.39 is 5.82 Å². The minimum atomic E-state index is -0.412. The highest BCUT2D eigenvalue weighted by Gasteiger charge is 2.15. The fraction of sp³-hybridized carbons (Fsp3) is 0.417. The Balaban J connectivity index is 1.63. The van der Waals surface area contributed by atoms with Gasteiger partial charge in [-0.3, -0.25) is 0 Å². The van der Waals surface area contributed by atoms with Crippen LogP contribution in [0.1, 0.15) is 50.2 Å². The maximum Gasteiger partial charge on any atom is 0.180 e. The van der Waals surface area contributed by atoms with Crippen molar-refractivity contribution in [3.05, 3.63) is 69.0 Å². The molecule has 1 N–H and O–H groups in total. The molecule has 0 atom stereocenters. The van der Waals surface area contributed by atoms with Crippen LogP contribution in [0, 0.1) is 5.82 Å². The minimum Gasteiger partial charge on any atom is -0.490 e. The molecule has 0 radical (unpaired) electrons. The summed E-state index contributed by atoms with van der Waals surface area (Å²) < 4.78 is 25.6. The third kappa shape index (κ3) is 6.37. The number of halogens is 3. The normalized spacial score (nSPS) is 13.8. The van der Waals surface area contributed by atoms with Crippen LogP contribution >= 0.6 is 23.2 Å². The Morgan fingerprint density at radius 1 is 1.10 bits per heavy atom. The molecule has 0 saturated carbocycles. The van der Waals surface area contributed by atoms with Gasteiger partial charge < -0.3 is 14.8 Å². The third-order valence-electron chi connectivity index (χ3n) is 5.13. The molecule has 0 spiro atoms. The fourth-order valence-corrected chi connectivity index (χ4v) is 4.06. The summed E-state index contributed by atoms with van der Waals surface area (Å²) in [6, 6.07) is 8.32. The fourth-order valence-electron chi connectivity index (χ4n) is 3.55. The lowest BCUT2D eigenvalue weighted by atomic mass is 9.97. The van der Waals surface area contributed by atoms with Gasteiger partial charge in [-0.1, -0.05) is 40.9 Å². The van der Waals surface area contributed by atoms with Gasteiger partial charge in [0.2, 0.25) is 0 Å². The van der Waals surface area contributed by atoms with Crippen LogP contribution in [0.4, 0.5) is 4.39 Å². The zero-order chi connectivity index (χ0) is 21.3. The lowest BCUT2D eigenvalue weighted by Crippen LogP contribution is -2.16. The zero-order valence-electron chi connectivity index (χ0n) is 17.3. The maximum atomic E-state index is 14.0. The van der Waals surface area contributed by atoms with E-state index in [1.165, 1.54) is 31.7 Å². The first-order valence-corrected chi connectivity index (χ1v) is 11.2. The highest BCUT2D eigenvalue weighted by molar-refractivity contribution is 6.32. The molecule has 0 aromatic heterocycles. The van der Waals surface area contributed by atoms with Crippen molar-refractivity contribution in [2.75, 3.05) is 13.2 Å². The molecule has 0 heterocycles. The summed E-state index contributed by atoms with van der Waals surface area (Å²) in [5.74, 6) is 0.531. The highest BCUT2D eigenvalue weighted by Crippen LogP contribution is 2.38. The lowest BCUT2D eigenvalue weighted by molar-refractivity contribution is 0.266. The largest absolute Gasteiger partial charge is 0.490 e. The van der Waals surface area contributed by atoms with Gasteiger partial charge in [-0.2, -0.15) is 0 Å².